The standard InChI is InChI=1S/C14H12ClNO4/c1-9-6-12(16-20-9)8-19-13-4-3-11(15)7-10(13)2-5-14(17)18/h2-7H,8H2,1H3,(H,17,18)/b5-2+. The lowest BCUT2D eigenvalue weighted by Crippen LogP contribution is -1.97. The third-order valence-electron chi connectivity index (χ3n) is 2.43. The molecule has 1 aromatic heterocycles. The lowest BCUT2D eigenvalue weighted by atomic mass is 10.2. The molecule has 2 rings (SSSR count). The molecule has 0 fully saturated rings. The van der Waals surface area contributed by atoms with Crippen molar-refractivity contribution < 1.29 is 19.2 Å². The molecule has 0 radical (unpaired) electrons. The lowest BCUT2D eigenvalue weighted by Gasteiger charge is -2.08. The summed E-state index contributed by atoms with van der Waals surface area (Å²) in [6.45, 7) is 2.02. The molecule has 0 atom stereocenters. The van der Waals surface area contributed by atoms with Crippen molar-refractivity contribution in [2.24, 2.45) is 0 Å². The Kier molecular flexibility index (Phi) is 4.42. The predicted octanol–water partition coefficient (Wildman–Crippen LogP) is 3.31. The molecule has 20 heavy (non-hydrogen) atoms. The normalized spacial score (nSPS) is 10.9. The topological polar surface area (TPSA) is 72.6 Å². The number of ether oxygens (including phenoxy) is 1. The van der Waals surface area contributed by atoms with Crippen molar-refractivity contribution in [2.75, 3.05) is 0 Å². The van der Waals surface area contributed by atoms with E-state index >= 15 is 0 Å². The minimum absolute atomic E-state index is 0.229. The Balaban J connectivity index is 2.15. The molecule has 2 aromatic rings. The Morgan fingerprint density at radius 1 is 1.50 bits per heavy atom. The molecule has 0 aliphatic heterocycles. The zero-order valence-corrected chi connectivity index (χ0v) is 11.4. The number of rotatable bonds is 5. The van der Waals surface area contributed by atoms with Crippen molar-refractivity contribution in [1.29, 1.82) is 0 Å². The molecule has 0 aliphatic rings. The van der Waals surface area contributed by atoms with Gasteiger partial charge in [0.15, 0.2) is 0 Å². The molecule has 1 aromatic carbocycles. The molecule has 0 amide bonds. The summed E-state index contributed by atoms with van der Waals surface area (Å²) in [6, 6.07) is 6.74. The van der Waals surface area contributed by atoms with Gasteiger partial charge in [0.05, 0.1) is 0 Å². The fourth-order valence-electron chi connectivity index (χ4n) is 1.58. The molecule has 0 saturated heterocycles. The fourth-order valence-corrected chi connectivity index (χ4v) is 1.76. The Morgan fingerprint density at radius 3 is 2.95 bits per heavy atom. The van der Waals surface area contributed by atoms with E-state index in [1.165, 1.54) is 6.08 Å². The number of carbonyl (C=O) groups is 1. The van der Waals surface area contributed by atoms with E-state index in [0.29, 0.717) is 27.8 Å². The maximum Gasteiger partial charge on any atom is 0.328 e. The lowest BCUT2D eigenvalue weighted by molar-refractivity contribution is -0.131. The number of benzene rings is 1. The molecule has 0 aliphatic carbocycles. The number of aliphatic carboxylic acids is 1. The van der Waals surface area contributed by atoms with Crippen molar-refractivity contribution in [3.05, 3.63) is 52.4 Å². The van der Waals surface area contributed by atoms with Gasteiger partial charge in [-0.05, 0) is 31.2 Å². The molecular formula is C14H12ClNO4. The maximum atomic E-state index is 10.6. The molecule has 6 heteroatoms. The van der Waals surface area contributed by atoms with Crippen LogP contribution in [0, 0.1) is 6.92 Å². The van der Waals surface area contributed by atoms with Gasteiger partial charge in [0, 0.05) is 22.7 Å². The molecule has 5 nitrogen and oxygen atoms in total. The van der Waals surface area contributed by atoms with E-state index in [4.69, 9.17) is 26.0 Å². The van der Waals surface area contributed by atoms with Crippen molar-refractivity contribution >= 4 is 23.6 Å². The fraction of sp³-hybridized carbons (Fsp3) is 0.143. The number of hydrogen-bond donors (Lipinski definition) is 1. The van der Waals surface area contributed by atoms with Crippen LogP contribution in [0.5, 0.6) is 5.75 Å². The summed E-state index contributed by atoms with van der Waals surface area (Å²) in [4.78, 5) is 10.6. The Morgan fingerprint density at radius 2 is 2.30 bits per heavy atom. The van der Waals surface area contributed by atoms with Gasteiger partial charge < -0.3 is 14.4 Å². The zero-order valence-electron chi connectivity index (χ0n) is 10.7. The summed E-state index contributed by atoms with van der Waals surface area (Å²) >= 11 is 5.89. The van der Waals surface area contributed by atoms with Gasteiger partial charge in [-0.3, -0.25) is 0 Å². The van der Waals surface area contributed by atoms with Gasteiger partial charge in [0.1, 0.15) is 23.8 Å². The van der Waals surface area contributed by atoms with E-state index < -0.39 is 5.97 Å². The molecule has 104 valence electrons. The largest absolute Gasteiger partial charge is 0.487 e. The number of carboxylic acid groups (broad SMARTS) is 1. The SMILES string of the molecule is Cc1cc(COc2ccc(Cl)cc2/C=C/C(=O)O)no1. The van der Waals surface area contributed by atoms with E-state index in [1.807, 2.05) is 0 Å². The monoisotopic (exact) mass is 293 g/mol. The molecule has 0 unspecified atom stereocenters. The first kappa shape index (κ1) is 14.1. The number of carboxylic acids is 1. The van der Waals surface area contributed by atoms with Crippen LogP contribution < -0.4 is 4.74 Å². The second-order valence-electron chi connectivity index (χ2n) is 4.07. The van der Waals surface area contributed by atoms with Crippen LogP contribution in [-0.2, 0) is 11.4 Å². The molecule has 0 bridgehead atoms. The van der Waals surface area contributed by atoms with Gasteiger partial charge in [0.25, 0.3) is 0 Å². The number of aromatic nitrogens is 1. The predicted molar refractivity (Wildman–Crippen MR) is 73.7 cm³/mol. The smallest absolute Gasteiger partial charge is 0.328 e. The van der Waals surface area contributed by atoms with Crippen LogP contribution >= 0.6 is 11.6 Å². The van der Waals surface area contributed by atoms with Gasteiger partial charge in [-0.15, -0.1) is 0 Å². The Bertz CT molecular complexity index is 648. The van der Waals surface area contributed by atoms with E-state index in [9.17, 15) is 4.79 Å². The highest BCUT2D eigenvalue weighted by Crippen LogP contribution is 2.25. The third kappa shape index (κ3) is 3.86. The van der Waals surface area contributed by atoms with Gasteiger partial charge in [0.2, 0.25) is 0 Å². The summed E-state index contributed by atoms with van der Waals surface area (Å²) in [5, 5.41) is 13.0. The zero-order chi connectivity index (χ0) is 14.5. The highest BCUT2D eigenvalue weighted by Gasteiger charge is 2.06. The number of halogens is 1. The molecule has 1 N–H and O–H groups in total. The van der Waals surface area contributed by atoms with Crippen molar-refractivity contribution in [2.45, 2.75) is 13.5 Å². The van der Waals surface area contributed by atoms with Gasteiger partial charge >= 0.3 is 5.97 Å². The second-order valence-corrected chi connectivity index (χ2v) is 4.51. The summed E-state index contributed by atoms with van der Waals surface area (Å²) in [7, 11) is 0. The van der Waals surface area contributed by atoms with Crippen LogP contribution in [0.3, 0.4) is 0 Å². The Hall–Kier alpha value is -2.27. The van der Waals surface area contributed by atoms with E-state index in [1.54, 1.807) is 31.2 Å². The molecule has 1 heterocycles. The van der Waals surface area contributed by atoms with Gasteiger partial charge in [-0.1, -0.05) is 16.8 Å². The number of hydrogen-bond acceptors (Lipinski definition) is 4. The minimum atomic E-state index is -1.04. The summed E-state index contributed by atoms with van der Waals surface area (Å²) in [5.74, 6) is 0.182. The van der Waals surface area contributed by atoms with Gasteiger partial charge in [-0.25, -0.2) is 4.79 Å². The van der Waals surface area contributed by atoms with Crippen LogP contribution in [0.2, 0.25) is 5.02 Å². The minimum Gasteiger partial charge on any atom is -0.487 e. The maximum absolute atomic E-state index is 10.6. The highest BCUT2D eigenvalue weighted by atomic mass is 35.5. The van der Waals surface area contributed by atoms with Crippen molar-refractivity contribution in [3.63, 3.8) is 0 Å². The average molecular weight is 294 g/mol. The molecule has 0 saturated carbocycles. The van der Waals surface area contributed by atoms with E-state index in [-0.39, 0.29) is 6.61 Å². The van der Waals surface area contributed by atoms with Crippen LogP contribution in [0.4, 0.5) is 0 Å². The first-order chi connectivity index (χ1) is 9.54. The first-order valence-electron chi connectivity index (χ1n) is 5.80. The third-order valence-corrected chi connectivity index (χ3v) is 2.66. The van der Waals surface area contributed by atoms with Crippen molar-refractivity contribution in [3.8, 4) is 5.75 Å². The number of aryl methyl sites for hydroxylation is 1. The van der Waals surface area contributed by atoms with E-state index in [2.05, 4.69) is 5.16 Å². The summed E-state index contributed by atoms with van der Waals surface area (Å²) < 4.78 is 10.5. The quantitative estimate of drug-likeness (QED) is 0.856. The van der Waals surface area contributed by atoms with Crippen molar-refractivity contribution in [1.82, 2.24) is 5.16 Å². The van der Waals surface area contributed by atoms with Crippen LogP contribution in [0.1, 0.15) is 17.0 Å². The van der Waals surface area contributed by atoms with Gasteiger partial charge in [-0.2, -0.15) is 0 Å². The molecular weight excluding hydrogens is 282 g/mol. The Labute approximate surface area is 120 Å². The number of nitrogens with zero attached hydrogens (tertiary/aromatic N) is 1. The molecule has 0 spiro atoms. The highest BCUT2D eigenvalue weighted by molar-refractivity contribution is 6.30. The summed E-state index contributed by atoms with van der Waals surface area (Å²) in [5.41, 5.74) is 1.24. The average Bonchev–Trinajstić information content (AvgIpc) is 2.81. The van der Waals surface area contributed by atoms with Crippen LogP contribution in [0.25, 0.3) is 6.08 Å². The first-order valence-corrected chi connectivity index (χ1v) is 6.18. The van der Waals surface area contributed by atoms with Crippen LogP contribution in [0.15, 0.2) is 34.9 Å². The summed E-state index contributed by atoms with van der Waals surface area (Å²) in [6.07, 6.45) is 2.45. The van der Waals surface area contributed by atoms with Crippen LogP contribution in [-0.4, -0.2) is 16.2 Å². The van der Waals surface area contributed by atoms with E-state index in [0.717, 1.165) is 6.08 Å². The second kappa shape index (κ2) is 6.25.